The van der Waals surface area contributed by atoms with Crippen molar-refractivity contribution in [2.75, 3.05) is 26.2 Å². The van der Waals surface area contributed by atoms with Crippen LogP contribution in [0.3, 0.4) is 0 Å². The van der Waals surface area contributed by atoms with Crippen molar-refractivity contribution in [2.24, 2.45) is 0 Å². The van der Waals surface area contributed by atoms with Gasteiger partial charge in [0.25, 0.3) is 0 Å². The van der Waals surface area contributed by atoms with Crippen molar-refractivity contribution in [2.45, 2.75) is 45.3 Å². The summed E-state index contributed by atoms with van der Waals surface area (Å²) in [6.07, 6.45) is 6.47. The van der Waals surface area contributed by atoms with Crippen LogP contribution in [0.15, 0.2) is 24.5 Å². The summed E-state index contributed by atoms with van der Waals surface area (Å²) in [6.45, 7) is 8.83. The van der Waals surface area contributed by atoms with E-state index in [1.54, 1.807) is 0 Å². The lowest BCUT2D eigenvalue weighted by molar-refractivity contribution is -0.126. The molecule has 1 aliphatic heterocycles. The first-order valence-corrected chi connectivity index (χ1v) is 9.30. The molecule has 25 heavy (non-hydrogen) atoms. The minimum Gasteiger partial charge on any atom is -0.352 e. The Hall–Kier alpha value is -1.92. The van der Waals surface area contributed by atoms with Gasteiger partial charge in [0.05, 0.1) is 11.7 Å². The van der Waals surface area contributed by atoms with Crippen molar-refractivity contribution in [1.29, 1.82) is 0 Å². The molecule has 1 N–H and O–H groups in total. The van der Waals surface area contributed by atoms with E-state index in [1.807, 2.05) is 6.92 Å². The maximum atomic E-state index is 12.2. The topological polar surface area (TPSA) is 52.9 Å². The molecule has 6 heteroatoms. The highest BCUT2D eigenvalue weighted by Crippen LogP contribution is 2.19. The molecule has 0 aromatic carbocycles. The molecule has 0 radical (unpaired) electrons. The number of carbonyl (C=O) groups is 1. The SMILES string of the molecule is Cc1cccn2cc(CN3CCN([C@H](C)C(=O)NC4CC4)CC3)nc12. The summed E-state index contributed by atoms with van der Waals surface area (Å²) < 4.78 is 2.10. The fraction of sp³-hybridized carbons (Fsp3) is 0.579. The molecule has 1 saturated heterocycles. The average Bonchev–Trinajstić information content (AvgIpc) is 3.32. The Morgan fingerprint density at radius 2 is 2.08 bits per heavy atom. The van der Waals surface area contributed by atoms with Gasteiger partial charge >= 0.3 is 0 Å². The van der Waals surface area contributed by atoms with E-state index in [2.05, 4.69) is 51.0 Å². The zero-order valence-corrected chi connectivity index (χ0v) is 15.1. The summed E-state index contributed by atoms with van der Waals surface area (Å²) in [5, 5.41) is 3.12. The summed E-state index contributed by atoms with van der Waals surface area (Å²) in [5.41, 5.74) is 3.36. The number of nitrogens with zero attached hydrogens (tertiary/aromatic N) is 4. The van der Waals surface area contributed by atoms with Crippen LogP contribution >= 0.6 is 0 Å². The molecule has 1 amide bonds. The number of rotatable bonds is 5. The van der Waals surface area contributed by atoms with Crippen molar-refractivity contribution >= 4 is 11.6 Å². The number of imidazole rings is 1. The van der Waals surface area contributed by atoms with Gasteiger partial charge in [-0.15, -0.1) is 0 Å². The predicted octanol–water partition coefficient (Wildman–Crippen LogP) is 1.43. The lowest BCUT2D eigenvalue weighted by atomic mass is 10.2. The minimum absolute atomic E-state index is 0.0272. The molecule has 0 spiro atoms. The monoisotopic (exact) mass is 341 g/mol. The number of aryl methyl sites for hydroxylation is 1. The van der Waals surface area contributed by atoms with E-state index in [4.69, 9.17) is 4.98 Å². The van der Waals surface area contributed by atoms with E-state index in [0.717, 1.165) is 56.9 Å². The van der Waals surface area contributed by atoms with Crippen LogP contribution in [-0.4, -0.2) is 63.4 Å². The molecule has 4 rings (SSSR count). The standard InChI is InChI=1S/C19H27N5O/c1-14-4-3-7-24-13-17(20-18(14)24)12-22-8-10-23(11-9-22)15(2)19(25)21-16-5-6-16/h3-4,7,13,15-16H,5-6,8-12H2,1-2H3,(H,21,25)/t15-/m1/s1. The maximum absolute atomic E-state index is 12.2. The van der Waals surface area contributed by atoms with Crippen LogP contribution in [-0.2, 0) is 11.3 Å². The number of pyridine rings is 1. The number of aromatic nitrogens is 2. The van der Waals surface area contributed by atoms with Crippen LogP contribution in [0.2, 0.25) is 0 Å². The third-order valence-corrected chi connectivity index (χ3v) is 5.37. The molecular formula is C19H27N5O. The van der Waals surface area contributed by atoms with Crippen molar-refractivity contribution in [3.05, 3.63) is 35.8 Å². The van der Waals surface area contributed by atoms with Crippen LogP contribution in [0.5, 0.6) is 0 Å². The summed E-state index contributed by atoms with van der Waals surface area (Å²) >= 11 is 0. The van der Waals surface area contributed by atoms with Crippen LogP contribution in [0.1, 0.15) is 31.0 Å². The molecule has 1 saturated carbocycles. The zero-order valence-electron chi connectivity index (χ0n) is 15.1. The number of nitrogens with one attached hydrogen (secondary N) is 1. The Morgan fingerprint density at radius 3 is 2.76 bits per heavy atom. The van der Waals surface area contributed by atoms with Gasteiger partial charge in [0.1, 0.15) is 5.65 Å². The fourth-order valence-electron chi connectivity index (χ4n) is 3.53. The van der Waals surface area contributed by atoms with E-state index < -0.39 is 0 Å². The predicted molar refractivity (Wildman–Crippen MR) is 97.4 cm³/mol. The van der Waals surface area contributed by atoms with Gasteiger partial charge in [-0.25, -0.2) is 4.98 Å². The Kier molecular flexibility index (Phi) is 4.48. The van der Waals surface area contributed by atoms with Crippen LogP contribution < -0.4 is 5.32 Å². The van der Waals surface area contributed by atoms with Gasteiger partial charge < -0.3 is 9.72 Å². The van der Waals surface area contributed by atoms with E-state index in [9.17, 15) is 4.79 Å². The second-order valence-electron chi connectivity index (χ2n) is 7.43. The smallest absolute Gasteiger partial charge is 0.237 e. The summed E-state index contributed by atoms with van der Waals surface area (Å²) in [6, 6.07) is 4.56. The lowest BCUT2D eigenvalue weighted by Crippen LogP contribution is -2.53. The number of hydrogen-bond donors (Lipinski definition) is 1. The molecule has 2 aromatic heterocycles. The first-order chi connectivity index (χ1) is 12.1. The summed E-state index contributed by atoms with van der Waals surface area (Å²) in [7, 11) is 0. The molecule has 0 bridgehead atoms. The van der Waals surface area contributed by atoms with Gasteiger partial charge in [-0.05, 0) is 38.3 Å². The second-order valence-corrected chi connectivity index (χ2v) is 7.43. The van der Waals surface area contributed by atoms with Gasteiger partial charge in [0.15, 0.2) is 0 Å². The molecule has 2 aromatic rings. The van der Waals surface area contributed by atoms with Gasteiger partial charge in [-0.2, -0.15) is 0 Å². The molecule has 2 fully saturated rings. The van der Waals surface area contributed by atoms with Crippen LogP contribution in [0, 0.1) is 6.92 Å². The molecule has 1 aliphatic carbocycles. The van der Waals surface area contributed by atoms with Crippen molar-refractivity contribution in [1.82, 2.24) is 24.5 Å². The zero-order chi connectivity index (χ0) is 17.4. The third-order valence-electron chi connectivity index (χ3n) is 5.37. The van der Waals surface area contributed by atoms with E-state index in [-0.39, 0.29) is 11.9 Å². The largest absolute Gasteiger partial charge is 0.352 e. The second kappa shape index (κ2) is 6.77. The lowest BCUT2D eigenvalue weighted by Gasteiger charge is -2.37. The maximum Gasteiger partial charge on any atom is 0.237 e. The quantitative estimate of drug-likeness (QED) is 0.894. The van der Waals surface area contributed by atoms with Crippen LogP contribution in [0.4, 0.5) is 0 Å². The average molecular weight is 341 g/mol. The number of amides is 1. The Morgan fingerprint density at radius 1 is 1.32 bits per heavy atom. The first-order valence-electron chi connectivity index (χ1n) is 9.30. The Labute approximate surface area is 148 Å². The fourth-order valence-corrected chi connectivity index (χ4v) is 3.53. The molecular weight excluding hydrogens is 314 g/mol. The normalized spacial score (nSPS) is 20.7. The highest BCUT2D eigenvalue weighted by atomic mass is 16.2. The van der Waals surface area contributed by atoms with Crippen molar-refractivity contribution in [3.63, 3.8) is 0 Å². The Bertz CT molecular complexity index is 758. The Balaban J connectivity index is 1.32. The number of hydrogen-bond acceptors (Lipinski definition) is 4. The molecule has 1 atom stereocenters. The van der Waals surface area contributed by atoms with Gasteiger partial charge in [-0.1, -0.05) is 6.07 Å². The van der Waals surface area contributed by atoms with Gasteiger partial charge in [0.2, 0.25) is 5.91 Å². The molecule has 2 aliphatic rings. The summed E-state index contributed by atoms with van der Waals surface area (Å²) in [5.74, 6) is 0.187. The summed E-state index contributed by atoms with van der Waals surface area (Å²) in [4.78, 5) is 21.7. The van der Waals surface area contributed by atoms with E-state index in [1.165, 1.54) is 5.56 Å². The molecule has 134 valence electrons. The number of piperazine rings is 1. The van der Waals surface area contributed by atoms with E-state index in [0.29, 0.717) is 6.04 Å². The van der Waals surface area contributed by atoms with Crippen molar-refractivity contribution in [3.8, 4) is 0 Å². The van der Waals surface area contributed by atoms with Gasteiger partial charge in [-0.3, -0.25) is 14.6 Å². The highest BCUT2D eigenvalue weighted by molar-refractivity contribution is 5.81. The van der Waals surface area contributed by atoms with E-state index >= 15 is 0 Å². The highest BCUT2D eigenvalue weighted by Gasteiger charge is 2.30. The minimum atomic E-state index is -0.0272. The molecule has 6 nitrogen and oxygen atoms in total. The van der Waals surface area contributed by atoms with Crippen LogP contribution in [0.25, 0.3) is 5.65 Å². The number of fused-ring (bicyclic) bond motifs is 1. The number of carbonyl (C=O) groups excluding carboxylic acids is 1. The van der Waals surface area contributed by atoms with Crippen molar-refractivity contribution < 1.29 is 4.79 Å². The first kappa shape index (κ1) is 16.5. The molecule has 3 heterocycles. The van der Waals surface area contributed by atoms with Gasteiger partial charge in [0, 0.05) is 51.2 Å². The third kappa shape index (κ3) is 3.70. The molecule has 0 unspecified atom stereocenters.